The molecule has 0 saturated heterocycles. The van der Waals surface area contributed by atoms with Gasteiger partial charge in [0.2, 0.25) is 11.8 Å². The number of amides is 2. The molecule has 0 bridgehead atoms. The lowest BCUT2D eigenvalue weighted by Crippen LogP contribution is -2.46. The Morgan fingerprint density at radius 3 is 2.29 bits per heavy atom. The molecule has 0 saturated carbocycles. The lowest BCUT2D eigenvalue weighted by molar-refractivity contribution is -0.131. The number of nitrogens with one attached hydrogen (secondary N) is 1. The van der Waals surface area contributed by atoms with Gasteiger partial charge in [-0.2, -0.15) is 0 Å². The molecule has 0 radical (unpaired) electrons. The van der Waals surface area contributed by atoms with Gasteiger partial charge in [-0.05, 0) is 71.4 Å². The summed E-state index contributed by atoms with van der Waals surface area (Å²) in [7, 11) is 1.63. The normalized spacial score (nSPS) is 11.7. The van der Waals surface area contributed by atoms with Gasteiger partial charge in [0.15, 0.2) is 0 Å². The number of hydrogen-bond donors (Lipinski definition) is 1. The van der Waals surface area contributed by atoms with Gasteiger partial charge in [-0.3, -0.25) is 9.59 Å². The summed E-state index contributed by atoms with van der Waals surface area (Å²) in [5, 5.41) is 2.86. The number of likely N-dealkylation sites (N-methyl/N-ethyl adjacent to an activating group) is 1. The minimum atomic E-state index is -0.315. The summed E-state index contributed by atoms with van der Waals surface area (Å²) in [5.74, 6) is -0.376. The van der Waals surface area contributed by atoms with Crippen LogP contribution in [0.25, 0.3) is 11.8 Å². The average Bonchev–Trinajstić information content (AvgIpc) is 2.85. The van der Waals surface area contributed by atoms with Gasteiger partial charge in [0.25, 0.3) is 0 Å². The predicted molar refractivity (Wildman–Crippen MR) is 115 cm³/mol. The molecule has 1 N–H and O–H groups in total. The maximum Gasteiger partial charge on any atom is 0.246 e. The molecule has 0 aliphatic rings. The first-order valence-corrected chi connectivity index (χ1v) is 9.48. The van der Waals surface area contributed by atoms with Crippen molar-refractivity contribution in [1.29, 1.82) is 0 Å². The number of carbonyl (C=O) groups is 2. The van der Waals surface area contributed by atoms with Gasteiger partial charge in [-0.15, -0.1) is 0 Å². The molecule has 2 aromatic rings. The summed E-state index contributed by atoms with van der Waals surface area (Å²) in [6.07, 6.45) is 3.33. The number of carbonyl (C=O) groups excluding carboxylic acids is 2. The van der Waals surface area contributed by atoms with Crippen LogP contribution in [0.5, 0.6) is 0 Å². The van der Waals surface area contributed by atoms with Crippen LogP contribution in [0.15, 0.2) is 36.4 Å². The zero-order valence-corrected chi connectivity index (χ0v) is 18.0. The molecule has 0 atom stereocenters. The van der Waals surface area contributed by atoms with Gasteiger partial charge in [0.05, 0.1) is 6.54 Å². The van der Waals surface area contributed by atoms with Crippen molar-refractivity contribution in [1.82, 2.24) is 14.8 Å². The molecule has 0 aliphatic carbocycles. The van der Waals surface area contributed by atoms with Crippen LogP contribution in [0, 0.1) is 20.8 Å². The van der Waals surface area contributed by atoms with Gasteiger partial charge in [0, 0.05) is 35.7 Å². The average molecular weight is 382 g/mol. The molecule has 1 aromatic heterocycles. The van der Waals surface area contributed by atoms with E-state index in [9.17, 15) is 9.59 Å². The standard InChI is InChI=1S/C23H31N3O2/c1-16-8-11-20(12-9-16)26-17(2)14-19(18(26)3)10-13-22(28)25(7)15-21(27)24-23(4,5)6/h8-14H,15H2,1-7H3,(H,24,27)/b13-10+. The van der Waals surface area contributed by atoms with E-state index >= 15 is 0 Å². The third-order valence-electron chi connectivity index (χ3n) is 4.44. The van der Waals surface area contributed by atoms with Crippen LogP contribution in [0.3, 0.4) is 0 Å². The molecule has 0 spiro atoms. The van der Waals surface area contributed by atoms with Crippen molar-refractivity contribution in [2.75, 3.05) is 13.6 Å². The molecular weight excluding hydrogens is 350 g/mol. The number of nitrogens with zero attached hydrogens (tertiary/aromatic N) is 2. The Kier molecular flexibility index (Phi) is 6.49. The van der Waals surface area contributed by atoms with Crippen molar-refractivity contribution in [2.45, 2.75) is 47.1 Å². The van der Waals surface area contributed by atoms with E-state index in [1.807, 2.05) is 33.8 Å². The number of hydrogen-bond acceptors (Lipinski definition) is 2. The Morgan fingerprint density at radius 2 is 1.71 bits per heavy atom. The summed E-state index contributed by atoms with van der Waals surface area (Å²) in [4.78, 5) is 25.8. The molecule has 28 heavy (non-hydrogen) atoms. The number of benzene rings is 1. The van der Waals surface area contributed by atoms with Crippen molar-refractivity contribution >= 4 is 17.9 Å². The molecule has 0 fully saturated rings. The Bertz CT molecular complexity index is 884. The van der Waals surface area contributed by atoms with Crippen LogP contribution >= 0.6 is 0 Å². The topological polar surface area (TPSA) is 54.3 Å². The highest BCUT2D eigenvalue weighted by Gasteiger charge is 2.17. The fourth-order valence-corrected chi connectivity index (χ4v) is 3.09. The number of aryl methyl sites for hydroxylation is 2. The minimum absolute atomic E-state index is 0.0306. The molecule has 1 aromatic carbocycles. The van der Waals surface area contributed by atoms with Gasteiger partial charge < -0.3 is 14.8 Å². The molecule has 0 aliphatic heterocycles. The van der Waals surface area contributed by atoms with Crippen molar-refractivity contribution in [3.05, 3.63) is 58.9 Å². The second-order valence-corrected chi connectivity index (χ2v) is 8.32. The smallest absolute Gasteiger partial charge is 0.246 e. The Morgan fingerprint density at radius 1 is 1.11 bits per heavy atom. The van der Waals surface area contributed by atoms with Crippen molar-refractivity contribution < 1.29 is 9.59 Å². The fraction of sp³-hybridized carbons (Fsp3) is 0.391. The Labute approximate surface area is 168 Å². The van der Waals surface area contributed by atoms with E-state index in [1.54, 1.807) is 7.05 Å². The zero-order chi connectivity index (χ0) is 21.1. The fourth-order valence-electron chi connectivity index (χ4n) is 3.09. The molecule has 0 unspecified atom stereocenters. The van der Waals surface area contributed by atoms with Crippen LogP contribution in [0.1, 0.15) is 43.3 Å². The second kappa shape index (κ2) is 8.46. The maximum absolute atomic E-state index is 12.4. The van der Waals surface area contributed by atoms with E-state index in [1.165, 1.54) is 16.5 Å². The van der Waals surface area contributed by atoms with Gasteiger partial charge in [-0.25, -0.2) is 0 Å². The summed E-state index contributed by atoms with van der Waals surface area (Å²) in [6, 6.07) is 10.4. The third kappa shape index (κ3) is 5.59. The quantitative estimate of drug-likeness (QED) is 0.801. The molecule has 1 heterocycles. The first-order valence-electron chi connectivity index (χ1n) is 9.48. The van der Waals surface area contributed by atoms with E-state index in [0.717, 1.165) is 22.6 Å². The maximum atomic E-state index is 12.4. The lowest BCUT2D eigenvalue weighted by Gasteiger charge is -2.22. The summed E-state index contributed by atoms with van der Waals surface area (Å²) < 4.78 is 2.17. The Hall–Kier alpha value is -2.82. The van der Waals surface area contributed by atoms with E-state index in [4.69, 9.17) is 0 Å². The molecule has 150 valence electrons. The molecule has 5 nitrogen and oxygen atoms in total. The first kappa shape index (κ1) is 21.5. The Balaban J connectivity index is 2.11. The minimum Gasteiger partial charge on any atom is -0.350 e. The molecule has 5 heteroatoms. The largest absolute Gasteiger partial charge is 0.350 e. The van der Waals surface area contributed by atoms with Crippen LogP contribution in [0.4, 0.5) is 0 Å². The SMILES string of the molecule is Cc1ccc(-n2c(C)cc(/C=C/C(=O)N(C)CC(=O)NC(C)(C)C)c2C)cc1. The van der Waals surface area contributed by atoms with Crippen LogP contribution in [0.2, 0.25) is 0 Å². The highest BCUT2D eigenvalue weighted by molar-refractivity contribution is 5.94. The summed E-state index contributed by atoms with van der Waals surface area (Å²) in [5.41, 5.74) is 5.16. The lowest BCUT2D eigenvalue weighted by atomic mass is 10.1. The van der Waals surface area contributed by atoms with Crippen LogP contribution in [-0.4, -0.2) is 40.4 Å². The first-order chi connectivity index (χ1) is 13.0. The van der Waals surface area contributed by atoms with E-state index in [0.29, 0.717) is 0 Å². The molecule has 2 amide bonds. The highest BCUT2D eigenvalue weighted by Crippen LogP contribution is 2.22. The van der Waals surface area contributed by atoms with Crippen molar-refractivity contribution in [2.24, 2.45) is 0 Å². The second-order valence-electron chi connectivity index (χ2n) is 8.32. The summed E-state index contributed by atoms with van der Waals surface area (Å²) in [6.45, 7) is 11.9. The van der Waals surface area contributed by atoms with Crippen molar-refractivity contribution in [3.63, 3.8) is 0 Å². The zero-order valence-electron chi connectivity index (χ0n) is 18.0. The van der Waals surface area contributed by atoms with Crippen LogP contribution in [-0.2, 0) is 9.59 Å². The van der Waals surface area contributed by atoms with Crippen LogP contribution < -0.4 is 5.32 Å². The number of aromatic nitrogens is 1. The molecular formula is C23H31N3O2. The monoisotopic (exact) mass is 381 g/mol. The molecule has 2 rings (SSSR count). The van der Waals surface area contributed by atoms with E-state index in [-0.39, 0.29) is 23.9 Å². The predicted octanol–water partition coefficient (Wildman–Crippen LogP) is 3.79. The van der Waals surface area contributed by atoms with Gasteiger partial charge in [-0.1, -0.05) is 17.7 Å². The van der Waals surface area contributed by atoms with E-state index in [2.05, 4.69) is 54.1 Å². The highest BCUT2D eigenvalue weighted by atomic mass is 16.2. The van der Waals surface area contributed by atoms with Crippen molar-refractivity contribution in [3.8, 4) is 5.69 Å². The third-order valence-corrected chi connectivity index (χ3v) is 4.44. The van der Waals surface area contributed by atoms with E-state index < -0.39 is 0 Å². The summed E-state index contributed by atoms with van der Waals surface area (Å²) >= 11 is 0. The van der Waals surface area contributed by atoms with Gasteiger partial charge >= 0.3 is 0 Å². The van der Waals surface area contributed by atoms with Gasteiger partial charge in [0.1, 0.15) is 0 Å². The number of rotatable bonds is 5.